The molecule has 0 spiro atoms. The largest absolute Gasteiger partial charge is 0.496 e. The Balaban J connectivity index is 2.04. The number of hydrogen-bond acceptors (Lipinski definition) is 6. The molecule has 0 fully saturated rings. The molecule has 3 heterocycles. The molecule has 33 heavy (non-hydrogen) atoms. The lowest BCUT2D eigenvalue weighted by Crippen LogP contribution is -2.33. The van der Waals surface area contributed by atoms with Gasteiger partial charge < -0.3 is 15.0 Å². The molecular weight excluding hydrogens is 446 g/mol. The van der Waals surface area contributed by atoms with E-state index < -0.39 is 22.0 Å². The highest BCUT2D eigenvalue weighted by atomic mass is 32.2. The Morgan fingerprint density at radius 2 is 2.06 bits per heavy atom. The number of carbonyl (C=O) groups excluding carboxylic acids is 1. The molecule has 0 aromatic carbocycles. The minimum atomic E-state index is -3.48. The second-order valence-electron chi connectivity index (χ2n) is 7.86. The number of amides is 1. The molecule has 1 atom stereocenters. The van der Waals surface area contributed by atoms with Gasteiger partial charge in [-0.3, -0.25) is 9.59 Å². The molecule has 178 valence electrons. The summed E-state index contributed by atoms with van der Waals surface area (Å²) in [7, 11) is -2.02. The smallest absolute Gasteiger partial charge is 0.256 e. The van der Waals surface area contributed by atoms with Crippen molar-refractivity contribution >= 4 is 21.4 Å². The molecule has 0 bridgehead atoms. The van der Waals surface area contributed by atoms with E-state index in [1.54, 1.807) is 56.6 Å². The maximum Gasteiger partial charge on any atom is 0.256 e. The number of ether oxygens (including phenoxy) is 1. The van der Waals surface area contributed by atoms with Gasteiger partial charge in [0.15, 0.2) is 0 Å². The Kier molecular flexibility index (Phi) is 6.94. The van der Waals surface area contributed by atoms with Gasteiger partial charge in [-0.1, -0.05) is 6.92 Å². The van der Waals surface area contributed by atoms with E-state index in [9.17, 15) is 18.0 Å². The van der Waals surface area contributed by atoms with Gasteiger partial charge in [0.1, 0.15) is 5.75 Å². The minimum absolute atomic E-state index is 0.0377. The van der Waals surface area contributed by atoms with E-state index in [0.717, 1.165) is 6.26 Å². The van der Waals surface area contributed by atoms with Gasteiger partial charge in [-0.2, -0.15) is 9.40 Å². The van der Waals surface area contributed by atoms with Gasteiger partial charge in [-0.25, -0.2) is 12.9 Å². The summed E-state index contributed by atoms with van der Waals surface area (Å²) in [6.07, 6.45) is 2.74. The molecule has 0 saturated carbocycles. The highest BCUT2D eigenvalue weighted by Gasteiger charge is 2.30. The van der Waals surface area contributed by atoms with Crippen LogP contribution in [-0.4, -0.2) is 53.1 Å². The summed E-state index contributed by atoms with van der Waals surface area (Å²) in [6, 6.07) is 4.60. The van der Waals surface area contributed by atoms with Crippen molar-refractivity contribution in [3.63, 3.8) is 0 Å². The number of sulfonamides is 1. The number of nitrogens with one attached hydrogen (secondary N) is 2. The Morgan fingerprint density at radius 3 is 2.67 bits per heavy atom. The first-order valence-electron chi connectivity index (χ1n) is 10.5. The predicted molar refractivity (Wildman–Crippen MR) is 125 cm³/mol. The molecule has 3 aromatic rings. The number of carbonyl (C=O) groups is 1. The van der Waals surface area contributed by atoms with Gasteiger partial charge >= 0.3 is 0 Å². The van der Waals surface area contributed by atoms with Crippen LogP contribution in [0.15, 0.2) is 29.2 Å². The van der Waals surface area contributed by atoms with E-state index in [2.05, 4.69) is 15.4 Å². The van der Waals surface area contributed by atoms with Gasteiger partial charge in [0.2, 0.25) is 10.0 Å². The van der Waals surface area contributed by atoms with Crippen LogP contribution in [0.1, 0.15) is 52.8 Å². The van der Waals surface area contributed by atoms with Crippen LogP contribution in [0.5, 0.6) is 5.75 Å². The molecule has 3 aromatic heterocycles. The van der Waals surface area contributed by atoms with Gasteiger partial charge in [-0.05, 0) is 44.5 Å². The number of nitrogens with zero attached hydrogens (tertiary/aromatic N) is 3. The molecule has 0 aliphatic heterocycles. The number of rotatable bonds is 8. The number of fused-ring (bicyclic) bond motifs is 1. The van der Waals surface area contributed by atoms with Crippen molar-refractivity contribution < 1.29 is 17.9 Å². The predicted octanol–water partition coefficient (Wildman–Crippen LogP) is 1.92. The van der Waals surface area contributed by atoms with E-state index >= 15 is 0 Å². The first kappa shape index (κ1) is 24.5. The van der Waals surface area contributed by atoms with Crippen LogP contribution in [0.25, 0.3) is 5.52 Å². The number of H-pyrrole nitrogens is 1. The van der Waals surface area contributed by atoms with E-state index in [4.69, 9.17) is 4.74 Å². The summed E-state index contributed by atoms with van der Waals surface area (Å²) in [5, 5.41) is 7.17. The van der Waals surface area contributed by atoms with E-state index in [1.165, 1.54) is 11.4 Å². The fourth-order valence-electron chi connectivity index (χ4n) is 4.23. The fraction of sp³-hybridized carbons (Fsp3) is 0.409. The molecule has 1 amide bonds. The van der Waals surface area contributed by atoms with E-state index in [-0.39, 0.29) is 18.6 Å². The molecule has 0 unspecified atom stereocenters. The highest BCUT2D eigenvalue weighted by Crippen LogP contribution is 2.31. The zero-order valence-electron chi connectivity index (χ0n) is 19.6. The summed E-state index contributed by atoms with van der Waals surface area (Å²) in [5.41, 5.74) is 2.75. The quantitative estimate of drug-likeness (QED) is 0.513. The molecule has 2 N–H and O–H groups in total. The van der Waals surface area contributed by atoms with Gasteiger partial charge in [0, 0.05) is 18.4 Å². The second-order valence-corrected chi connectivity index (χ2v) is 9.79. The summed E-state index contributed by atoms with van der Waals surface area (Å²) in [5.74, 6) is -0.0152. The molecule has 10 nitrogen and oxygen atoms in total. The van der Waals surface area contributed by atoms with Crippen molar-refractivity contribution in [1.29, 1.82) is 0 Å². The van der Waals surface area contributed by atoms with Gasteiger partial charge in [-0.15, -0.1) is 0 Å². The van der Waals surface area contributed by atoms with Gasteiger partial charge in [0.25, 0.3) is 11.5 Å². The number of aromatic nitrogens is 3. The van der Waals surface area contributed by atoms with E-state index in [1.807, 2.05) is 0 Å². The van der Waals surface area contributed by atoms with Crippen LogP contribution in [0.3, 0.4) is 0 Å². The average Bonchev–Trinajstić information content (AvgIpc) is 3.03. The molecule has 0 saturated heterocycles. The Hall–Kier alpha value is -3.18. The fourth-order valence-corrected chi connectivity index (χ4v) is 5.38. The normalized spacial score (nSPS) is 12.8. The third-order valence-corrected chi connectivity index (χ3v) is 7.09. The third kappa shape index (κ3) is 4.64. The lowest BCUT2D eigenvalue weighted by Gasteiger charge is -2.26. The highest BCUT2D eigenvalue weighted by molar-refractivity contribution is 7.88. The Morgan fingerprint density at radius 1 is 1.36 bits per heavy atom. The van der Waals surface area contributed by atoms with Crippen molar-refractivity contribution in [2.24, 2.45) is 0 Å². The summed E-state index contributed by atoms with van der Waals surface area (Å²) < 4.78 is 32.9. The van der Waals surface area contributed by atoms with Gasteiger partial charge in [0.05, 0.1) is 48.3 Å². The van der Waals surface area contributed by atoms with E-state index in [0.29, 0.717) is 39.3 Å². The monoisotopic (exact) mass is 475 g/mol. The molecule has 0 radical (unpaired) electrons. The number of aromatic amines is 1. The molecular formula is C22H29N5O5S. The first-order chi connectivity index (χ1) is 15.5. The van der Waals surface area contributed by atoms with Crippen molar-refractivity contribution in [1.82, 2.24) is 24.2 Å². The molecule has 3 rings (SSSR count). The van der Waals surface area contributed by atoms with Crippen LogP contribution in [0, 0.1) is 13.8 Å². The van der Waals surface area contributed by atoms with Crippen LogP contribution in [-0.2, 0) is 16.6 Å². The third-order valence-electron chi connectivity index (χ3n) is 5.66. The lowest BCUT2D eigenvalue weighted by atomic mass is 10.1. The number of pyridine rings is 1. The zero-order chi connectivity index (χ0) is 24.5. The maximum absolute atomic E-state index is 13.3. The molecule has 0 aliphatic carbocycles. The maximum atomic E-state index is 13.3. The van der Waals surface area contributed by atoms with Crippen LogP contribution in [0.4, 0.5) is 0 Å². The van der Waals surface area contributed by atoms with Crippen molar-refractivity contribution in [2.75, 3.05) is 19.9 Å². The number of hydrogen-bond donors (Lipinski definition) is 2. The van der Waals surface area contributed by atoms with Crippen molar-refractivity contribution in [3.8, 4) is 5.75 Å². The molecule has 11 heteroatoms. The number of aryl methyl sites for hydroxylation is 1. The van der Waals surface area contributed by atoms with Crippen LogP contribution in [0.2, 0.25) is 0 Å². The SMILES string of the molecule is CCN([C@H](C)c1c(C)c(C(=O)NCc2c(OC)cc(C)[nH]c2=O)c2cccnn12)S(C)(=O)=O. The van der Waals surface area contributed by atoms with Crippen LogP contribution >= 0.6 is 0 Å². The number of methoxy groups -OCH3 is 1. The first-order valence-corrected chi connectivity index (χ1v) is 12.3. The minimum Gasteiger partial charge on any atom is -0.496 e. The summed E-state index contributed by atoms with van der Waals surface area (Å²) in [4.78, 5) is 28.4. The zero-order valence-corrected chi connectivity index (χ0v) is 20.4. The molecule has 0 aliphatic rings. The lowest BCUT2D eigenvalue weighted by molar-refractivity contribution is 0.0951. The summed E-state index contributed by atoms with van der Waals surface area (Å²) in [6.45, 7) is 7.28. The van der Waals surface area contributed by atoms with Crippen molar-refractivity contribution in [3.05, 3.63) is 62.8 Å². The Bertz CT molecular complexity index is 1360. The van der Waals surface area contributed by atoms with Crippen molar-refractivity contribution in [2.45, 2.75) is 40.3 Å². The second kappa shape index (κ2) is 9.36. The Labute approximate surface area is 192 Å². The van der Waals surface area contributed by atoms with Crippen LogP contribution < -0.4 is 15.6 Å². The summed E-state index contributed by atoms with van der Waals surface area (Å²) >= 11 is 0. The average molecular weight is 476 g/mol. The topological polar surface area (TPSA) is 126 Å². The standard InChI is InChI=1S/C22H29N5O5S/c1-7-26(33(6,30)31)15(4)20-14(3)19(17-9-8-10-24-27(17)20)22(29)23-12-16-18(32-5)11-13(2)25-21(16)28/h8-11,15H,7,12H2,1-6H3,(H,23,29)(H,25,28)/t15-/m1/s1.